The molecule has 0 saturated heterocycles. The molecule has 1 aromatic heterocycles. The summed E-state index contributed by atoms with van der Waals surface area (Å²) in [6, 6.07) is -0.179. The number of carbonyl (C=O) groups is 1. The van der Waals surface area contributed by atoms with Crippen LogP contribution >= 0.6 is 11.3 Å². The number of nitrogens with zero attached hydrogens (tertiary/aromatic N) is 1. The van der Waals surface area contributed by atoms with E-state index < -0.39 is 0 Å². The number of carbonyl (C=O) groups excluding carboxylic acids is 1. The van der Waals surface area contributed by atoms with E-state index in [1.807, 2.05) is 0 Å². The molecule has 4 nitrogen and oxygen atoms in total. The maximum atomic E-state index is 12.2. The highest BCUT2D eigenvalue weighted by Crippen LogP contribution is 2.52. The largest absolute Gasteiger partial charge is 0.337 e. The number of nitrogens with one attached hydrogen (secondary N) is 2. The molecule has 23 heavy (non-hydrogen) atoms. The number of anilines is 1. The van der Waals surface area contributed by atoms with E-state index in [9.17, 15) is 4.79 Å². The third-order valence-corrected chi connectivity index (χ3v) is 6.02. The predicted octanol–water partition coefficient (Wildman–Crippen LogP) is 4.10. The number of amides is 2. The zero-order chi connectivity index (χ0) is 16.4. The lowest BCUT2D eigenvalue weighted by Gasteiger charge is -2.50. The summed E-state index contributed by atoms with van der Waals surface area (Å²) in [5.41, 5.74) is 0.281. The fourth-order valence-corrected chi connectivity index (χ4v) is 5.50. The minimum atomic E-state index is -0.179. The predicted molar refractivity (Wildman–Crippen MR) is 94.4 cm³/mol. The van der Waals surface area contributed by atoms with Crippen LogP contribution in [0.4, 0.5) is 10.6 Å². The SMILES string of the molecule is C#Cc1nc(NC(=O)NCC23CC(C)CC(CC(C)C2)C3)cs1. The summed E-state index contributed by atoms with van der Waals surface area (Å²) in [5.74, 6) is 5.38. The van der Waals surface area contributed by atoms with Crippen LogP contribution in [-0.2, 0) is 0 Å². The van der Waals surface area contributed by atoms with Gasteiger partial charge in [0.1, 0.15) is 5.82 Å². The van der Waals surface area contributed by atoms with E-state index in [4.69, 9.17) is 6.42 Å². The van der Waals surface area contributed by atoms with E-state index in [0.29, 0.717) is 10.8 Å². The van der Waals surface area contributed by atoms with Gasteiger partial charge in [-0.1, -0.05) is 13.8 Å². The van der Waals surface area contributed by atoms with E-state index in [-0.39, 0.29) is 11.4 Å². The van der Waals surface area contributed by atoms with Crippen molar-refractivity contribution in [2.75, 3.05) is 11.9 Å². The molecule has 2 bridgehead atoms. The molecule has 2 N–H and O–H groups in total. The number of fused-ring (bicyclic) bond motifs is 2. The average Bonchev–Trinajstić information content (AvgIpc) is 2.91. The van der Waals surface area contributed by atoms with Crippen molar-refractivity contribution in [2.45, 2.75) is 46.0 Å². The standard InChI is InChI=1S/C18H25N3OS/c1-4-16-20-15(10-23-16)21-17(22)19-11-18-7-12(2)5-14(9-18)6-13(3)8-18/h1,10,12-14H,5-9,11H2,2-3H3,(H2,19,21,22). The summed E-state index contributed by atoms with van der Waals surface area (Å²) in [6.07, 6.45) is 11.7. The smallest absolute Gasteiger partial charge is 0.320 e. The molecule has 5 heteroatoms. The molecule has 1 aromatic rings. The second-order valence-corrected chi connectivity index (χ2v) is 8.51. The minimum absolute atomic E-state index is 0.179. The van der Waals surface area contributed by atoms with Gasteiger partial charge in [-0.15, -0.1) is 17.8 Å². The topological polar surface area (TPSA) is 54.0 Å². The lowest BCUT2D eigenvalue weighted by molar-refractivity contribution is 0.0208. The van der Waals surface area contributed by atoms with Crippen molar-refractivity contribution in [1.29, 1.82) is 0 Å². The van der Waals surface area contributed by atoms with Gasteiger partial charge < -0.3 is 5.32 Å². The van der Waals surface area contributed by atoms with Gasteiger partial charge in [-0.3, -0.25) is 5.32 Å². The summed E-state index contributed by atoms with van der Waals surface area (Å²) in [4.78, 5) is 16.3. The van der Waals surface area contributed by atoms with Crippen LogP contribution < -0.4 is 10.6 Å². The first-order valence-corrected chi connectivity index (χ1v) is 9.33. The number of rotatable bonds is 3. The number of hydrogen-bond donors (Lipinski definition) is 2. The molecule has 0 aromatic carbocycles. The highest BCUT2D eigenvalue weighted by molar-refractivity contribution is 7.10. The molecule has 1 heterocycles. The minimum Gasteiger partial charge on any atom is -0.337 e. The molecular weight excluding hydrogens is 306 g/mol. The van der Waals surface area contributed by atoms with Crippen molar-refractivity contribution in [2.24, 2.45) is 23.2 Å². The molecule has 0 aliphatic heterocycles. The number of aromatic nitrogens is 1. The fraction of sp³-hybridized carbons (Fsp3) is 0.667. The van der Waals surface area contributed by atoms with Crippen LogP contribution in [0.15, 0.2) is 5.38 Å². The van der Waals surface area contributed by atoms with Crippen molar-refractivity contribution >= 4 is 23.2 Å². The summed E-state index contributed by atoms with van der Waals surface area (Å²) < 4.78 is 0. The van der Waals surface area contributed by atoms with Crippen LogP contribution in [0.5, 0.6) is 0 Å². The van der Waals surface area contributed by atoms with Crippen molar-refractivity contribution in [3.05, 3.63) is 10.4 Å². The molecule has 2 aliphatic carbocycles. The van der Waals surface area contributed by atoms with Gasteiger partial charge in [0.25, 0.3) is 0 Å². The second-order valence-electron chi connectivity index (χ2n) is 7.65. The van der Waals surface area contributed by atoms with E-state index in [1.165, 1.54) is 43.4 Å². The number of urea groups is 1. The van der Waals surface area contributed by atoms with Gasteiger partial charge in [0.15, 0.2) is 5.01 Å². The first-order valence-electron chi connectivity index (χ1n) is 8.45. The highest BCUT2D eigenvalue weighted by atomic mass is 32.1. The zero-order valence-corrected chi connectivity index (χ0v) is 14.7. The Hall–Kier alpha value is -1.54. The monoisotopic (exact) mass is 331 g/mol. The number of hydrogen-bond acceptors (Lipinski definition) is 3. The van der Waals surface area contributed by atoms with Crippen LogP contribution in [0.1, 0.15) is 51.0 Å². The molecule has 2 amide bonds. The summed E-state index contributed by atoms with van der Waals surface area (Å²) in [5, 5.41) is 8.22. The van der Waals surface area contributed by atoms with Crippen LogP contribution in [0.2, 0.25) is 0 Å². The van der Waals surface area contributed by atoms with Crippen LogP contribution in [0, 0.1) is 35.5 Å². The maximum absolute atomic E-state index is 12.2. The molecule has 2 atom stereocenters. The van der Waals surface area contributed by atoms with Gasteiger partial charge in [0.05, 0.1) is 0 Å². The van der Waals surface area contributed by atoms with Crippen molar-refractivity contribution < 1.29 is 4.79 Å². The quantitative estimate of drug-likeness (QED) is 0.819. The zero-order valence-electron chi connectivity index (χ0n) is 13.9. The molecular formula is C18H25N3OS. The fourth-order valence-electron chi connectivity index (χ4n) is 4.95. The average molecular weight is 331 g/mol. The van der Waals surface area contributed by atoms with Gasteiger partial charge in [0.2, 0.25) is 0 Å². The Morgan fingerprint density at radius 1 is 1.39 bits per heavy atom. The number of terminal acetylenes is 1. The Morgan fingerprint density at radius 2 is 2.09 bits per heavy atom. The lowest BCUT2D eigenvalue weighted by atomic mass is 9.57. The van der Waals surface area contributed by atoms with Gasteiger partial charge in [0, 0.05) is 11.9 Å². The van der Waals surface area contributed by atoms with Gasteiger partial charge in [-0.05, 0) is 61.2 Å². The first kappa shape index (κ1) is 16.3. The van der Waals surface area contributed by atoms with Crippen molar-refractivity contribution in [3.8, 4) is 12.3 Å². The van der Waals surface area contributed by atoms with Crippen LogP contribution in [0.25, 0.3) is 0 Å². The molecule has 2 fully saturated rings. The van der Waals surface area contributed by atoms with Gasteiger partial charge in [-0.25, -0.2) is 9.78 Å². The molecule has 0 spiro atoms. The van der Waals surface area contributed by atoms with Crippen LogP contribution in [-0.4, -0.2) is 17.6 Å². The van der Waals surface area contributed by atoms with E-state index in [0.717, 1.165) is 24.3 Å². The Labute approximate surface area is 142 Å². The molecule has 0 radical (unpaired) electrons. The van der Waals surface area contributed by atoms with Crippen molar-refractivity contribution in [3.63, 3.8) is 0 Å². The first-order chi connectivity index (χ1) is 11.0. The summed E-state index contributed by atoms with van der Waals surface area (Å²) >= 11 is 1.36. The van der Waals surface area contributed by atoms with E-state index in [1.54, 1.807) is 5.38 Å². The molecule has 2 unspecified atom stereocenters. The lowest BCUT2D eigenvalue weighted by Crippen LogP contribution is -2.47. The molecule has 124 valence electrons. The van der Waals surface area contributed by atoms with E-state index >= 15 is 0 Å². The van der Waals surface area contributed by atoms with E-state index in [2.05, 4.69) is 35.4 Å². The van der Waals surface area contributed by atoms with Crippen molar-refractivity contribution in [1.82, 2.24) is 10.3 Å². The summed E-state index contributed by atoms with van der Waals surface area (Å²) in [7, 11) is 0. The molecule has 2 aliphatic rings. The van der Waals surface area contributed by atoms with Gasteiger partial charge in [-0.2, -0.15) is 0 Å². The maximum Gasteiger partial charge on any atom is 0.320 e. The summed E-state index contributed by atoms with van der Waals surface area (Å²) in [6.45, 7) is 5.47. The Morgan fingerprint density at radius 3 is 2.70 bits per heavy atom. The Kier molecular flexibility index (Phi) is 4.63. The van der Waals surface area contributed by atoms with Crippen LogP contribution in [0.3, 0.4) is 0 Å². The Balaban J connectivity index is 1.57. The Bertz CT molecular complexity index is 599. The number of thiazole rings is 1. The van der Waals surface area contributed by atoms with Gasteiger partial charge >= 0.3 is 6.03 Å². The normalized spacial score (nSPS) is 32.8. The third kappa shape index (κ3) is 3.87. The second kappa shape index (κ2) is 6.52. The third-order valence-electron chi connectivity index (χ3n) is 5.25. The molecule has 3 rings (SSSR count). The molecule has 2 saturated carbocycles. The highest BCUT2D eigenvalue weighted by Gasteiger charge is 2.44.